The van der Waals surface area contributed by atoms with Crippen molar-refractivity contribution in [2.24, 2.45) is 0 Å². The molecular formula is C11H15ClFNO. The number of halogens is 2. The van der Waals surface area contributed by atoms with E-state index in [1.165, 1.54) is 6.07 Å². The third-order valence-corrected chi connectivity index (χ3v) is 2.64. The quantitative estimate of drug-likeness (QED) is 0.845. The van der Waals surface area contributed by atoms with Gasteiger partial charge < -0.3 is 10.1 Å². The van der Waals surface area contributed by atoms with Crippen LogP contribution in [0.15, 0.2) is 18.2 Å². The van der Waals surface area contributed by atoms with Gasteiger partial charge in [0.2, 0.25) is 0 Å². The Bertz CT molecular complexity index is 326. The molecule has 1 aliphatic rings. The van der Waals surface area contributed by atoms with Gasteiger partial charge in [0.15, 0.2) is 0 Å². The lowest BCUT2D eigenvalue weighted by Gasteiger charge is -2.12. The van der Waals surface area contributed by atoms with E-state index in [1.54, 1.807) is 19.2 Å². The van der Waals surface area contributed by atoms with Crippen molar-refractivity contribution in [2.45, 2.75) is 18.9 Å². The van der Waals surface area contributed by atoms with Crippen LogP contribution in [0.1, 0.15) is 24.4 Å². The van der Waals surface area contributed by atoms with Crippen LogP contribution < -0.4 is 10.1 Å². The van der Waals surface area contributed by atoms with Gasteiger partial charge in [-0.15, -0.1) is 12.4 Å². The van der Waals surface area contributed by atoms with E-state index in [4.69, 9.17) is 4.74 Å². The summed E-state index contributed by atoms with van der Waals surface area (Å²) < 4.78 is 18.5. The summed E-state index contributed by atoms with van der Waals surface area (Å²) in [5, 5.41) is 3.27. The minimum Gasteiger partial charge on any atom is -0.497 e. The molecule has 1 heterocycles. The van der Waals surface area contributed by atoms with Crippen LogP contribution >= 0.6 is 12.4 Å². The zero-order valence-corrected chi connectivity index (χ0v) is 9.44. The first-order valence-corrected chi connectivity index (χ1v) is 4.88. The molecule has 2 nitrogen and oxygen atoms in total. The summed E-state index contributed by atoms with van der Waals surface area (Å²) in [5.41, 5.74) is 0.753. The van der Waals surface area contributed by atoms with Crippen LogP contribution in [-0.4, -0.2) is 13.7 Å². The number of nitrogens with one attached hydrogen (secondary N) is 1. The minimum atomic E-state index is -0.177. The highest BCUT2D eigenvalue weighted by Crippen LogP contribution is 2.27. The average Bonchev–Trinajstić information content (AvgIpc) is 2.70. The Balaban J connectivity index is 0.00000112. The van der Waals surface area contributed by atoms with Crippen molar-refractivity contribution in [3.8, 4) is 5.75 Å². The lowest BCUT2D eigenvalue weighted by atomic mass is 10.0. The molecule has 1 atom stereocenters. The molecule has 1 aromatic rings. The molecule has 1 N–H and O–H groups in total. The van der Waals surface area contributed by atoms with E-state index in [9.17, 15) is 4.39 Å². The first-order valence-electron chi connectivity index (χ1n) is 4.88. The van der Waals surface area contributed by atoms with Crippen LogP contribution in [0.2, 0.25) is 0 Å². The average molecular weight is 232 g/mol. The second-order valence-corrected chi connectivity index (χ2v) is 3.54. The van der Waals surface area contributed by atoms with Gasteiger partial charge in [-0.1, -0.05) is 6.07 Å². The number of benzene rings is 1. The maximum Gasteiger partial charge on any atom is 0.131 e. The second-order valence-electron chi connectivity index (χ2n) is 3.54. The van der Waals surface area contributed by atoms with Gasteiger partial charge in [0.25, 0.3) is 0 Å². The molecule has 0 bridgehead atoms. The summed E-state index contributed by atoms with van der Waals surface area (Å²) >= 11 is 0. The standard InChI is InChI=1S/C11H14FNO.ClH/c1-14-8-4-5-9(10(12)7-8)11-3-2-6-13-11;/h4-5,7,11,13H,2-3,6H2,1H3;1H/t11-;/m0./s1. The number of ether oxygens (including phenoxy) is 1. The van der Waals surface area contributed by atoms with E-state index in [0.717, 1.165) is 24.9 Å². The van der Waals surface area contributed by atoms with Crippen LogP contribution in [0.4, 0.5) is 4.39 Å². The largest absolute Gasteiger partial charge is 0.497 e. The zero-order chi connectivity index (χ0) is 9.97. The Labute approximate surface area is 95.2 Å². The Kier molecular flexibility index (Phi) is 4.36. The molecule has 1 aromatic carbocycles. The van der Waals surface area contributed by atoms with Gasteiger partial charge in [-0.2, -0.15) is 0 Å². The highest BCUT2D eigenvalue weighted by Gasteiger charge is 2.19. The number of methoxy groups -OCH3 is 1. The molecule has 0 spiro atoms. The summed E-state index contributed by atoms with van der Waals surface area (Å²) in [7, 11) is 1.54. The van der Waals surface area contributed by atoms with E-state index < -0.39 is 0 Å². The van der Waals surface area contributed by atoms with Crippen LogP contribution in [0.5, 0.6) is 5.75 Å². The molecule has 84 valence electrons. The molecule has 2 rings (SSSR count). The number of rotatable bonds is 2. The van der Waals surface area contributed by atoms with Crippen molar-refractivity contribution in [1.29, 1.82) is 0 Å². The molecule has 0 aromatic heterocycles. The lowest BCUT2D eigenvalue weighted by molar-refractivity contribution is 0.410. The van der Waals surface area contributed by atoms with E-state index in [-0.39, 0.29) is 24.3 Å². The van der Waals surface area contributed by atoms with Crippen molar-refractivity contribution >= 4 is 12.4 Å². The molecule has 15 heavy (non-hydrogen) atoms. The molecular weight excluding hydrogens is 217 g/mol. The number of hydrogen-bond donors (Lipinski definition) is 1. The fraction of sp³-hybridized carbons (Fsp3) is 0.455. The van der Waals surface area contributed by atoms with Crippen molar-refractivity contribution in [3.63, 3.8) is 0 Å². The first-order chi connectivity index (χ1) is 6.81. The molecule has 0 unspecified atom stereocenters. The fourth-order valence-corrected chi connectivity index (χ4v) is 1.87. The predicted octanol–water partition coefficient (Wildman–Crippen LogP) is 2.68. The Morgan fingerprint density at radius 1 is 1.47 bits per heavy atom. The van der Waals surface area contributed by atoms with E-state index in [2.05, 4.69) is 5.32 Å². The van der Waals surface area contributed by atoms with Gasteiger partial charge in [-0.3, -0.25) is 0 Å². The van der Waals surface area contributed by atoms with Crippen molar-refractivity contribution in [3.05, 3.63) is 29.6 Å². The smallest absolute Gasteiger partial charge is 0.131 e. The molecule has 0 aliphatic carbocycles. The maximum absolute atomic E-state index is 13.6. The molecule has 1 saturated heterocycles. The molecule has 0 radical (unpaired) electrons. The minimum absolute atomic E-state index is 0. The molecule has 0 saturated carbocycles. The normalized spacial score (nSPS) is 19.7. The summed E-state index contributed by atoms with van der Waals surface area (Å²) in [6.07, 6.45) is 2.14. The van der Waals surface area contributed by atoms with Gasteiger partial charge in [-0.05, 0) is 25.5 Å². The topological polar surface area (TPSA) is 21.3 Å². The van der Waals surface area contributed by atoms with Gasteiger partial charge in [0.1, 0.15) is 11.6 Å². The van der Waals surface area contributed by atoms with Gasteiger partial charge in [-0.25, -0.2) is 4.39 Å². The van der Waals surface area contributed by atoms with E-state index >= 15 is 0 Å². The van der Waals surface area contributed by atoms with Crippen LogP contribution in [0.3, 0.4) is 0 Å². The van der Waals surface area contributed by atoms with Gasteiger partial charge in [0.05, 0.1) is 7.11 Å². The van der Waals surface area contributed by atoms with E-state index in [1.807, 2.05) is 0 Å². The molecule has 1 aliphatic heterocycles. The van der Waals surface area contributed by atoms with Crippen molar-refractivity contribution in [2.75, 3.05) is 13.7 Å². The highest BCUT2D eigenvalue weighted by molar-refractivity contribution is 5.85. The first kappa shape index (κ1) is 12.3. The second kappa shape index (κ2) is 5.33. The summed E-state index contributed by atoms with van der Waals surface area (Å²) in [4.78, 5) is 0. The lowest BCUT2D eigenvalue weighted by Crippen LogP contribution is -2.14. The van der Waals surface area contributed by atoms with Crippen LogP contribution in [-0.2, 0) is 0 Å². The highest BCUT2D eigenvalue weighted by atomic mass is 35.5. The van der Waals surface area contributed by atoms with Crippen molar-refractivity contribution in [1.82, 2.24) is 5.32 Å². The molecule has 1 fully saturated rings. The van der Waals surface area contributed by atoms with Crippen LogP contribution in [0, 0.1) is 5.82 Å². The third kappa shape index (κ3) is 2.61. The Morgan fingerprint density at radius 3 is 2.80 bits per heavy atom. The SMILES string of the molecule is COc1ccc([C@@H]2CCCN2)c(F)c1.Cl. The molecule has 0 amide bonds. The molecule has 4 heteroatoms. The summed E-state index contributed by atoms with van der Waals surface area (Å²) in [6.45, 7) is 0.982. The van der Waals surface area contributed by atoms with Crippen molar-refractivity contribution < 1.29 is 9.13 Å². The van der Waals surface area contributed by atoms with Crippen LogP contribution in [0.25, 0.3) is 0 Å². The number of hydrogen-bond acceptors (Lipinski definition) is 2. The predicted molar refractivity (Wildman–Crippen MR) is 60.2 cm³/mol. The van der Waals surface area contributed by atoms with Gasteiger partial charge in [0, 0.05) is 17.7 Å². The van der Waals surface area contributed by atoms with E-state index in [0.29, 0.717) is 5.75 Å². The Morgan fingerprint density at radius 2 is 2.27 bits per heavy atom. The summed E-state index contributed by atoms with van der Waals surface area (Å²) in [6, 6.07) is 5.23. The van der Waals surface area contributed by atoms with Gasteiger partial charge >= 0.3 is 0 Å². The monoisotopic (exact) mass is 231 g/mol. The zero-order valence-electron chi connectivity index (χ0n) is 8.63. The Hall–Kier alpha value is -0.800. The summed E-state index contributed by atoms with van der Waals surface area (Å²) in [5.74, 6) is 0.396. The maximum atomic E-state index is 13.6. The third-order valence-electron chi connectivity index (χ3n) is 2.64. The fourth-order valence-electron chi connectivity index (χ4n) is 1.87.